The van der Waals surface area contributed by atoms with Crippen LogP contribution in [0.5, 0.6) is 0 Å². The van der Waals surface area contributed by atoms with Crippen LogP contribution in [0.1, 0.15) is 60.5 Å². The highest BCUT2D eigenvalue weighted by Gasteiger charge is 2.28. The maximum Gasteiger partial charge on any atom is 0.273 e. The highest BCUT2D eigenvalue weighted by molar-refractivity contribution is 5.96. The van der Waals surface area contributed by atoms with E-state index in [-0.39, 0.29) is 29.5 Å². The molecule has 1 saturated carbocycles. The lowest BCUT2D eigenvalue weighted by Gasteiger charge is -2.35. The van der Waals surface area contributed by atoms with Crippen molar-refractivity contribution < 1.29 is 9.59 Å². The predicted octanol–water partition coefficient (Wildman–Crippen LogP) is 2.57. The maximum absolute atomic E-state index is 12.0. The summed E-state index contributed by atoms with van der Waals surface area (Å²) in [6, 6.07) is 8.44. The lowest BCUT2D eigenvalue weighted by atomic mass is 9.89. The fourth-order valence-corrected chi connectivity index (χ4v) is 5.11. The summed E-state index contributed by atoms with van der Waals surface area (Å²) in [7, 11) is 4.07. The number of rotatable bonds is 8. The molecule has 2 amide bonds. The predicted molar refractivity (Wildman–Crippen MR) is 140 cm³/mol. The Morgan fingerprint density at radius 1 is 1.14 bits per heavy atom. The maximum atomic E-state index is 12.0. The van der Waals surface area contributed by atoms with Crippen molar-refractivity contribution in [1.29, 1.82) is 0 Å². The van der Waals surface area contributed by atoms with E-state index in [9.17, 15) is 9.59 Å². The van der Waals surface area contributed by atoms with Crippen molar-refractivity contribution in [2.24, 2.45) is 5.73 Å². The monoisotopic (exact) mass is 492 g/mol. The number of amides is 2. The minimum atomic E-state index is -0.695. The summed E-state index contributed by atoms with van der Waals surface area (Å²) in [6.45, 7) is 5.75. The number of aromatic nitrogens is 3. The molecule has 10 heteroatoms. The van der Waals surface area contributed by atoms with Crippen LogP contribution in [0.15, 0.2) is 36.9 Å². The molecular formula is C26H36N8O2. The highest BCUT2D eigenvalue weighted by Crippen LogP contribution is 2.30. The number of hydrogen-bond donors (Lipinski definition) is 3. The second-order valence-electron chi connectivity index (χ2n) is 9.84. The molecule has 2 aliphatic rings. The van der Waals surface area contributed by atoms with Crippen molar-refractivity contribution in [3.05, 3.63) is 48.2 Å². The number of carbonyl (C=O) groups is 2. The Bertz CT molecular complexity index is 1080. The summed E-state index contributed by atoms with van der Waals surface area (Å²) in [5, 5.41) is 14.5. The van der Waals surface area contributed by atoms with Gasteiger partial charge in [-0.3, -0.25) is 9.59 Å². The molecule has 1 unspecified atom stereocenters. The molecule has 2 fully saturated rings. The van der Waals surface area contributed by atoms with Crippen LogP contribution in [-0.2, 0) is 4.79 Å². The first-order valence-electron chi connectivity index (χ1n) is 12.6. The fraction of sp³-hybridized carbons (Fsp3) is 0.500. The lowest BCUT2D eigenvalue weighted by molar-refractivity contribution is -0.117. The zero-order valence-electron chi connectivity index (χ0n) is 21.1. The van der Waals surface area contributed by atoms with Gasteiger partial charge in [0, 0.05) is 24.8 Å². The van der Waals surface area contributed by atoms with Gasteiger partial charge in [-0.1, -0.05) is 18.7 Å². The largest absolute Gasteiger partial charge is 0.364 e. The van der Waals surface area contributed by atoms with Gasteiger partial charge in [-0.2, -0.15) is 4.98 Å². The van der Waals surface area contributed by atoms with E-state index < -0.39 is 5.91 Å². The van der Waals surface area contributed by atoms with E-state index in [0.29, 0.717) is 11.9 Å². The Balaban J connectivity index is 1.48. The van der Waals surface area contributed by atoms with Crippen LogP contribution in [0, 0.1) is 0 Å². The minimum Gasteiger partial charge on any atom is -0.364 e. The van der Waals surface area contributed by atoms with Crippen molar-refractivity contribution in [2.75, 3.05) is 37.4 Å². The first-order valence-corrected chi connectivity index (χ1v) is 12.6. The molecule has 0 bridgehead atoms. The summed E-state index contributed by atoms with van der Waals surface area (Å²) in [4.78, 5) is 32.7. The highest BCUT2D eigenvalue weighted by atomic mass is 16.2. The third-order valence-corrected chi connectivity index (χ3v) is 7.31. The second kappa shape index (κ2) is 11.5. The van der Waals surface area contributed by atoms with Crippen LogP contribution >= 0.6 is 0 Å². The van der Waals surface area contributed by atoms with Crippen LogP contribution in [0.4, 0.5) is 17.5 Å². The van der Waals surface area contributed by atoms with Crippen molar-refractivity contribution in [3.8, 4) is 0 Å². The fourth-order valence-electron chi connectivity index (χ4n) is 5.11. The molecule has 2 heterocycles. The van der Waals surface area contributed by atoms with E-state index in [1.807, 2.05) is 24.1 Å². The number of nitrogens with one attached hydrogen (secondary N) is 2. The van der Waals surface area contributed by atoms with E-state index in [4.69, 9.17) is 5.73 Å². The van der Waals surface area contributed by atoms with Gasteiger partial charge in [0.25, 0.3) is 5.91 Å². The molecule has 4 rings (SSSR count). The van der Waals surface area contributed by atoms with Crippen molar-refractivity contribution in [2.45, 2.75) is 56.5 Å². The lowest BCUT2D eigenvalue weighted by Crippen LogP contribution is -2.45. The molecule has 1 saturated heterocycles. The van der Waals surface area contributed by atoms with Gasteiger partial charge < -0.3 is 26.2 Å². The Morgan fingerprint density at radius 3 is 2.53 bits per heavy atom. The minimum absolute atomic E-state index is 0.00805. The van der Waals surface area contributed by atoms with Crippen molar-refractivity contribution >= 4 is 29.3 Å². The van der Waals surface area contributed by atoms with Gasteiger partial charge in [-0.15, -0.1) is 10.2 Å². The number of likely N-dealkylation sites (tertiary alicyclic amines) is 1. The molecule has 192 valence electrons. The summed E-state index contributed by atoms with van der Waals surface area (Å²) >= 11 is 0. The Hall–Kier alpha value is -3.53. The molecule has 1 aliphatic carbocycles. The molecule has 2 aromatic rings. The molecule has 1 aliphatic heterocycles. The molecule has 4 N–H and O–H groups in total. The number of carbonyl (C=O) groups excluding carboxylic acids is 2. The summed E-state index contributed by atoms with van der Waals surface area (Å²) in [5.74, 6) is 0.373. The van der Waals surface area contributed by atoms with Gasteiger partial charge >= 0.3 is 0 Å². The number of primary amides is 1. The average molecular weight is 493 g/mol. The summed E-state index contributed by atoms with van der Waals surface area (Å²) in [5.41, 5.74) is 7.67. The number of nitrogens with zero attached hydrogens (tertiary/aromatic N) is 5. The van der Waals surface area contributed by atoms with Crippen LogP contribution < -0.4 is 21.3 Å². The van der Waals surface area contributed by atoms with Crippen LogP contribution in [-0.4, -0.2) is 71.2 Å². The van der Waals surface area contributed by atoms with Gasteiger partial charge in [0.2, 0.25) is 11.9 Å². The zero-order chi connectivity index (χ0) is 25.7. The Kier molecular flexibility index (Phi) is 8.14. The smallest absolute Gasteiger partial charge is 0.273 e. The van der Waals surface area contributed by atoms with Crippen LogP contribution in [0.25, 0.3) is 0 Å². The van der Waals surface area contributed by atoms with E-state index in [1.165, 1.54) is 11.6 Å². The molecule has 0 radical (unpaired) electrons. The third kappa shape index (κ3) is 6.17. The molecule has 36 heavy (non-hydrogen) atoms. The van der Waals surface area contributed by atoms with Gasteiger partial charge in [0.1, 0.15) is 0 Å². The van der Waals surface area contributed by atoms with E-state index in [0.717, 1.165) is 57.3 Å². The first-order chi connectivity index (χ1) is 17.3. The van der Waals surface area contributed by atoms with Gasteiger partial charge in [-0.05, 0) is 88.4 Å². The first kappa shape index (κ1) is 25.6. The van der Waals surface area contributed by atoms with E-state index >= 15 is 0 Å². The normalized spacial score (nSPS) is 20.9. The third-order valence-electron chi connectivity index (χ3n) is 7.31. The Morgan fingerprint density at radius 2 is 1.86 bits per heavy atom. The molecule has 2 atom stereocenters. The molecule has 1 aromatic carbocycles. The van der Waals surface area contributed by atoms with Gasteiger partial charge in [0.15, 0.2) is 11.5 Å². The van der Waals surface area contributed by atoms with Crippen molar-refractivity contribution in [1.82, 2.24) is 25.4 Å². The summed E-state index contributed by atoms with van der Waals surface area (Å²) in [6.07, 6.45) is 7.20. The molecule has 1 aromatic heterocycles. The SMILES string of the molecule is C=CC(=O)NC1CCC[C@@H](N(C)c2nnc(C(N)=O)c(Nc3ccc(C4CCN(C)CC4)cc3)n2)C1. The average Bonchev–Trinajstić information content (AvgIpc) is 2.89. The molecular weight excluding hydrogens is 456 g/mol. The Labute approximate surface area is 212 Å². The summed E-state index contributed by atoms with van der Waals surface area (Å²) < 4.78 is 0. The zero-order valence-corrected chi connectivity index (χ0v) is 21.1. The topological polar surface area (TPSA) is 129 Å². The van der Waals surface area contributed by atoms with Crippen LogP contribution in [0.2, 0.25) is 0 Å². The van der Waals surface area contributed by atoms with Crippen molar-refractivity contribution in [3.63, 3.8) is 0 Å². The van der Waals surface area contributed by atoms with E-state index in [1.54, 1.807) is 0 Å². The number of anilines is 3. The van der Waals surface area contributed by atoms with Crippen LogP contribution in [0.3, 0.4) is 0 Å². The van der Waals surface area contributed by atoms with Gasteiger partial charge in [0.05, 0.1) is 0 Å². The number of benzene rings is 1. The van der Waals surface area contributed by atoms with Gasteiger partial charge in [-0.25, -0.2) is 0 Å². The van der Waals surface area contributed by atoms with E-state index in [2.05, 4.69) is 56.5 Å². The number of nitrogens with two attached hydrogens (primary N) is 1. The number of piperidine rings is 1. The number of hydrogen-bond acceptors (Lipinski definition) is 8. The standard InChI is InChI=1S/C26H36N8O2/c1-4-22(35)28-20-6-5-7-21(16-20)34(3)26-30-25(23(24(27)36)31-32-26)29-19-10-8-17(9-11-19)18-12-14-33(2)15-13-18/h4,8-11,18,20-21H,1,5-7,12-16H2,2-3H3,(H2,27,36)(H,28,35)(H,29,30,32)/t20?,21-/m1/s1. The quantitative estimate of drug-likeness (QED) is 0.480. The molecule has 10 nitrogen and oxygen atoms in total. The molecule has 0 spiro atoms. The second-order valence-corrected chi connectivity index (χ2v) is 9.84.